The highest BCUT2D eigenvalue weighted by Crippen LogP contribution is 2.08. The van der Waals surface area contributed by atoms with Crippen LogP contribution >= 0.6 is 11.3 Å². The molecule has 0 aliphatic rings. The highest BCUT2D eigenvalue weighted by molar-refractivity contribution is 7.10. The Hall–Kier alpha value is -1.62. The van der Waals surface area contributed by atoms with Crippen molar-refractivity contribution in [3.05, 3.63) is 40.6 Å². The summed E-state index contributed by atoms with van der Waals surface area (Å²) in [5, 5.41) is 4.79. The number of nitrogens with one attached hydrogen (secondary N) is 2. The van der Waals surface area contributed by atoms with E-state index in [0.29, 0.717) is 13.0 Å². The van der Waals surface area contributed by atoms with Gasteiger partial charge < -0.3 is 10.3 Å². The number of H-pyrrole nitrogens is 1. The Bertz CT molecular complexity index is 408. The number of hydrogen-bond acceptors (Lipinski definition) is 3. The van der Waals surface area contributed by atoms with Crippen LogP contribution in [0.2, 0.25) is 0 Å². The van der Waals surface area contributed by atoms with Gasteiger partial charge in [0.15, 0.2) is 0 Å². The van der Waals surface area contributed by atoms with Crippen LogP contribution in [0.3, 0.4) is 0 Å². The van der Waals surface area contributed by atoms with Crippen molar-refractivity contribution in [3.8, 4) is 0 Å². The van der Waals surface area contributed by atoms with Gasteiger partial charge >= 0.3 is 0 Å². The quantitative estimate of drug-likeness (QED) is 0.818. The summed E-state index contributed by atoms with van der Waals surface area (Å²) in [6.45, 7) is 0.504. The Labute approximate surface area is 91.4 Å². The van der Waals surface area contributed by atoms with Crippen molar-refractivity contribution in [2.24, 2.45) is 0 Å². The van der Waals surface area contributed by atoms with Gasteiger partial charge in [-0.1, -0.05) is 6.07 Å². The number of imidazole rings is 1. The summed E-state index contributed by atoms with van der Waals surface area (Å²) in [6, 6.07) is 3.91. The molecule has 0 saturated heterocycles. The predicted octanol–water partition coefficient (Wildman–Crippen LogP) is 1.33. The summed E-state index contributed by atoms with van der Waals surface area (Å²) in [5.41, 5.74) is 0.912. The van der Waals surface area contributed by atoms with Crippen molar-refractivity contribution in [3.63, 3.8) is 0 Å². The largest absolute Gasteiger partial charge is 0.350 e. The van der Waals surface area contributed by atoms with E-state index in [1.165, 1.54) is 0 Å². The second-order valence-corrected chi connectivity index (χ2v) is 4.14. The maximum atomic E-state index is 11.5. The second kappa shape index (κ2) is 4.75. The molecule has 0 aliphatic heterocycles. The van der Waals surface area contributed by atoms with Crippen LogP contribution in [-0.4, -0.2) is 15.9 Å². The molecule has 2 aromatic rings. The average Bonchev–Trinajstić information content (AvgIpc) is 2.86. The molecular weight excluding hydrogens is 210 g/mol. The van der Waals surface area contributed by atoms with E-state index in [1.807, 2.05) is 17.5 Å². The van der Waals surface area contributed by atoms with Crippen LogP contribution in [-0.2, 0) is 17.8 Å². The summed E-state index contributed by atoms with van der Waals surface area (Å²) in [7, 11) is 0. The normalized spacial score (nSPS) is 10.1. The average molecular weight is 221 g/mol. The predicted molar refractivity (Wildman–Crippen MR) is 58.5 cm³/mol. The number of hydrogen-bond donors (Lipinski definition) is 2. The molecule has 0 spiro atoms. The first-order chi connectivity index (χ1) is 7.34. The van der Waals surface area contributed by atoms with Gasteiger partial charge in [-0.15, -0.1) is 11.3 Å². The molecule has 4 nitrogen and oxygen atoms in total. The van der Waals surface area contributed by atoms with E-state index >= 15 is 0 Å². The smallest absolute Gasteiger partial charge is 0.225 e. The van der Waals surface area contributed by atoms with Crippen LogP contribution in [0, 0.1) is 0 Å². The van der Waals surface area contributed by atoms with Gasteiger partial charge in [-0.05, 0) is 11.4 Å². The molecule has 0 atom stereocenters. The molecule has 5 heteroatoms. The van der Waals surface area contributed by atoms with Crippen LogP contribution in [0.1, 0.15) is 10.6 Å². The summed E-state index contributed by atoms with van der Waals surface area (Å²) in [6.07, 6.45) is 3.75. The molecule has 0 aromatic carbocycles. The van der Waals surface area contributed by atoms with Crippen LogP contribution in [0.5, 0.6) is 0 Å². The Morgan fingerprint density at radius 1 is 1.60 bits per heavy atom. The Morgan fingerprint density at radius 2 is 2.53 bits per heavy atom. The molecule has 2 aromatic heterocycles. The van der Waals surface area contributed by atoms with Gasteiger partial charge in [-0.3, -0.25) is 4.79 Å². The number of amides is 1. The van der Waals surface area contributed by atoms with Crippen molar-refractivity contribution < 1.29 is 4.79 Å². The SMILES string of the molecule is O=C(Cc1cccs1)NCc1cnc[nH]1. The molecule has 2 heterocycles. The van der Waals surface area contributed by atoms with Gasteiger partial charge in [-0.25, -0.2) is 4.98 Å². The number of nitrogens with zero attached hydrogens (tertiary/aromatic N) is 1. The van der Waals surface area contributed by atoms with Crippen molar-refractivity contribution in [1.82, 2.24) is 15.3 Å². The Kier molecular flexibility index (Phi) is 3.14. The minimum atomic E-state index is 0.0343. The van der Waals surface area contributed by atoms with E-state index in [1.54, 1.807) is 23.9 Å². The lowest BCUT2D eigenvalue weighted by Crippen LogP contribution is -2.24. The van der Waals surface area contributed by atoms with Gasteiger partial charge in [0.1, 0.15) is 0 Å². The fraction of sp³-hybridized carbons (Fsp3) is 0.200. The number of rotatable bonds is 4. The molecule has 0 aliphatic carbocycles. The zero-order chi connectivity index (χ0) is 10.5. The number of aromatic nitrogens is 2. The van der Waals surface area contributed by atoms with Crippen LogP contribution in [0.4, 0.5) is 0 Å². The van der Waals surface area contributed by atoms with Crippen molar-refractivity contribution in [1.29, 1.82) is 0 Å². The lowest BCUT2D eigenvalue weighted by Gasteiger charge is -2.01. The van der Waals surface area contributed by atoms with Gasteiger partial charge in [0.05, 0.1) is 25.0 Å². The topological polar surface area (TPSA) is 57.8 Å². The van der Waals surface area contributed by atoms with Gasteiger partial charge in [0.25, 0.3) is 0 Å². The van der Waals surface area contributed by atoms with Crippen molar-refractivity contribution in [2.75, 3.05) is 0 Å². The van der Waals surface area contributed by atoms with E-state index in [2.05, 4.69) is 15.3 Å². The molecule has 0 unspecified atom stereocenters. The highest BCUT2D eigenvalue weighted by Gasteiger charge is 2.03. The van der Waals surface area contributed by atoms with E-state index < -0.39 is 0 Å². The molecule has 1 amide bonds. The Morgan fingerprint density at radius 3 is 3.20 bits per heavy atom. The first kappa shape index (κ1) is 9.92. The zero-order valence-electron chi connectivity index (χ0n) is 8.06. The minimum absolute atomic E-state index is 0.0343. The van der Waals surface area contributed by atoms with E-state index in [4.69, 9.17) is 0 Å². The third-order valence-corrected chi connectivity index (χ3v) is 2.82. The number of thiophene rings is 1. The molecule has 0 fully saturated rings. The lowest BCUT2D eigenvalue weighted by atomic mass is 10.3. The fourth-order valence-electron chi connectivity index (χ4n) is 1.21. The molecule has 78 valence electrons. The van der Waals surface area contributed by atoms with Crippen molar-refractivity contribution >= 4 is 17.2 Å². The highest BCUT2D eigenvalue weighted by atomic mass is 32.1. The molecule has 15 heavy (non-hydrogen) atoms. The Balaban J connectivity index is 1.78. The number of carbonyl (C=O) groups is 1. The molecule has 0 bridgehead atoms. The van der Waals surface area contributed by atoms with Gasteiger partial charge in [0.2, 0.25) is 5.91 Å². The number of carbonyl (C=O) groups excluding carboxylic acids is 1. The van der Waals surface area contributed by atoms with Gasteiger partial charge in [-0.2, -0.15) is 0 Å². The van der Waals surface area contributed by atoms with E-state index in [0.717, 1.165) is 10.6 Å². The lowest BCUT2D eigenvalue weighted by molar-refractivity contribution is -0.120. The monoisotopic (exact) mass is 221 g/mol. The second-order valence-electron chi connectivity index (χ2n) is 3.11. The molecule has 2 rings (SSSR count). The number of aromatic amines is 1. The van der Waals surface area contributed by atoms with Crippen LogP contribution < -0.4 is 5.32 Å². The van der Waals surface area contributed by atoms with Crippen molar-refractivity contribution in [2.45, 2.75) is 13.0 Å². The first-order valence-corrected chi connectivity index (χ1v) is 5.49. The minimum Gasteiger partial charge on any atom is -0.350 e. The van der Waals surface area contributed by atoms with E-state index in [-0.39, 0.29) is 5.91 Å². The maximum absolute atomic E-state index is 11.5. The van der Waals surface area contributed by atoms with Gasteiger partial charge in [0, 0.05) is 11.1 Å². The van der Waals surface area contributed by atoms with Crippen LogP contribution in [0.15, 0.2) is 30.0 Å². The molecule has 0 radical (unpaired) electrons. The third kappa shape index (κ3) is 2.92. The molecular formula is C10H11N3OS. The van der Waals surface area contributed by atoms with E-state index in [9.17, 15) is 4.79 Å². The summed E-state index contributed by atoms with van der Waals surface area (Å²) in [5.74, 6) is 0.0343. The summed E-state index contributed by atoms with van der Waals surface area (Å²) < 4.78 is 0. The zero-order valence-corrected chi connectivity index (χ0v) is 8.88. The van der Waals surface area contributed by atoms with Crippen LogP contribution in [0.25, 0.3) is 0 Å². The third-order valence-electron chi connectivity index (χ3n) is 1.95. The first-order valence-electron chi connectivity index (χ1n) is 4.61. The fourth-order valence-corrected chi connectivity index (χ4v) is 1.91. The summed E-state index contributed by atoms with van der Waals surface area (Å²) in [4.78, 5) is 19.3. The maximum Gasteiger partial charge on any atom is 0.225 e. The summed E-state index contributed by atoms with van der Waals surface area (Å²) >= 11 is 1.59. The standard InChI is InChI=1S/C10H11N3OS/c14-10(4-9-2-1-3-15-9)12-6-8-5-11-7-13-8/h1-3,5,7H,4,6H2,(H,11,13)(H,12,14). The molecule has 2 N–H and O–H groups in total. The molecule has 0 saturated carbocycles.